The van der Waals surface area contributed by atoms with E-state index in [9.17, 15) is 9.90 Å². The van der Waals surface area contributed by atoms with E-state index in [0.29, 0.717) is 6.73 Å². The van der Waals surface area contributed by atoms with Crippen LogP contribution in [0.4, 0.5) is 0 Å². The SMILES string of the molecule is COCN1CCCC1C(OC)[C@@H](C)C(=O)N[C@H](C)[C@@H](O)c1ccccc1. The third kappa shape index (κ3) is 5.04. The molecule has 26 heavy (non-hydrogen) atoms. The molecule has 0 spiro atoms. The summed E-state index contributed by atoms with van der Waals surface area (Å²) in [5.41, 5.74) is 0.790. The smallest absolute Gasteiger partial charge is 0.225 e. The zero-order chi connectivity index (χ0) is 19.1. The lowest BCUT2D eigenvalue weighted by Crippen LogP contribution is -2.50. The first-order valence-electron chi connectivity index (χ1n) is 9.28. The third-order valence-corrected chi connectivity index (χ3v) is 5.25. The fraction of sp³-hybridized carbons (Fsp3) is 0.650. The molecule has 1 fully saturated rings. The van der Waals surface area contributed by atoms with Gasteiger partial charge in [-0.3, -0.25) is 9.69 Å². The summed E-state index contributed by atoms with van der Waals surface area (Å²) in [6.45, 7) is 5.20. The van der Waals surface area contributed by atoms with Crippen molar-refractivity contribution in [3.8, 4) is 0 Å². The summed E-state index contributed by atoms with van der Waals surface area (Å²) in [4.78, 5) is 15.0. The van der Waals surface area contributed by atoms with Crippen LogP contribution < -0.4 is 5.32 Å². The molecule has 6 heteroatoms. The van der Waals surface area contributed by atoms with Crippen LogP contribution in [0, 0.1) is 5.92 Å². The average Bonchev–Trinajstić information content (AvgIpc) is 3.10. The number of hydrogen-bond donors (Lipinski definition) is 2. The Bertz CT molecular complexity index is 554. The Morgan fingerprint density at radius 3 is 2.62 bits per heavy atom. The number of likely N-dealkylation sites (tertiary alicyclic amines) is 1. The minimum atomic E-state index is -0.746. The van der Waals surface area contributed by atoms with Crippen molar-refractivity contribution in [3.05, 3.63) is 35.9 Å². The van der Waals surface area contributed by atoms with E-state index in [0.717, 1.165) is 24.9 Å². The van der Waals surface area contributed by atoms with Crippen LogP contribution in [0.25, 0.3) is 0 Å². The monoisotopic (exact) mass is 364 g/mol. The van der Waals surface area contributed by atoms with Gasteiger partial charge in [0.2, 0.25) is 5.91 Å². The molecule has 0 saturated carbocycles. The van der Waals surface area contributed by atoms with Crippen molar-refractivity contribution in [2.24, 2.45) is 5.92 Å². The van der Waals surface area contributed by atoms with Crippen molar-refractivity contribution in [2.45, 2.75) is 51.0 Å². The summed E-state index contributed by atoms with van der Waals surface area (Å²) in [5, 5.41) is 13.4. The molecule has 1 aliphatic rings. The second kappa shape index (κ2) is 10.0. The first kappa shape index (κ1) is 20.8. The number of carbonyl (C=O) groups excluding carboxylic acids is 1. The molecule has 1 aromatic rings. The Balaban J connectivity index is 1.98. The Labute approximate surface area is 156 Å². The Hall–Kier alpha value is -1.47. The molecule has 2 rings (SSSR count). The van der Waals surface area contributed by atoms with Crippen molar-refractivity contribution in [1.82, 2.24) is 10.2 Å². The zero-order valence-electron chi connectivity index (χ0n) is 16.2. The van der Waals surface area contributed by atoms with Gasteiger partial charge in [-0.05, 0) is 25.3 Å². The fourth-order valence-corrected chi connectivity index (χ4v) is 3.77. The molecule has 6 nitrogen and oxygen atoms in total. The fourth-order valence-electron chi connectivity index (χ4n) is 3.77. The van der Waals surface area contributed by atoms with Gasteiger partial charge in [-0.2, -0.15) is 0 Å². The molecule has 1 heterocycles. The van der Waals surface area contributed by atoms with Crippen LogP contribution in [0.15, 0.2) is 30.3 Å². The number of rotatable bonds is 9. The van der Waals surface area contributed by atoms with Crippen molar-refractivity contribution in [1.29, 1.82) is 0 Å². The molecule has 0 bridgehead atoms. The quantitative estimate of drug-likeness (QED) is 0.701. The van der Waals surface area contributed by atoms with Crippen LogP contribution >= 0.6 is 0 Å². The summed E-state index contributed by atoms with van der Waals surface area (Å²) < 4.78 is 11.0. The van der Waals surface area contributed by atoms with Gasteiger partial charge in [-0.1, -0.05) is 37.3 Å². The lowest BCUT2D eigenvalue weighted by Gasteiger charge is -2.34. The van der Waals surface area contributed by atoms with Gasteiger partial charge in [0.1, 0.15) is 0 Å². The van der Waals surface area contributed by atoms with Crippen molar-refractivity contribution >= 4 is 5.91 Å². The predicted molar refractivity (Wildman–Crippen MR) is 101 cm³/mol. The first-order valence-corrected chi connectivity index (χ1v) is 9.28. The van der Waals surface area contributed by atoms with Crippen LogP contribution in [0.2, 0.25) is 0 Å². The standard InChI is InChI=1S/C20H32N2O4/c1-14(19(26-4)17-11-8-12-22(17)13-25-3)20(24)21-15(2)18(23)16-9-6-5-7-10-16/h5-7,9-10,14-15,17-19,23H,8,11-13H2,1-4H3,(H,21,24)/t14-,15-,17?,18-,19?/m1/s1. The molecule has 146 valence electrons. The van der Waals surface area contributed by atoms with Crippen LogP contribution in [-0.4, -0.2) is 61.6 Å². The largest absolute Gasteiger partial charge is 0.386 e. The summed E-state index contributed by atoms with van der Waals surface area (Å²) in [7, 11) is 3.33. The van der Waals surface area contributed by atoms with Crippen molar-refractivity contribution < 1.29 is 19.4 Å². The molecule has 2 unspecified atom stereocenters. The number of hydrogen-bond acceptors (Lipinski definition) is 5. The van der Waals surface area contributed by atoms with Crippen LogP contribution in [0.3, 0.4) is 0 Å². The van der Waals surface area contributed by atoms with E-state index >= 15 is 0 Å². The zero-order valence-corrected chi connectivity index (χ0v) is 16.2. The summed E-state index contributed by atoms with van der Waals surface area (Å²) in [6, 6.07) is 9.14. The number of methoxy groups -OCH3 is 2. The van der Waals surface area contributed by atoms with Gasteiger partial charge in [0, 0.05) is 26.8 Å². The van der Waals surface area contributed by atoms with Crippen molar-refractivity contribution in [2.75, 3.05) is 27.5 Å². The number of nitrogens with one attached hydrogen (secondary N) is 1. The molecule has 5 atom stereocenters. The maximum atomic E-state index is 12.8. The molecule has 0 radical (unpaired) electrons. The first-order chi connectivity index (χ1) is 12.5. The van der Waals surface area contributed by atoms with Gasteiger partial charge >= 0.3 is 0 Å². The summed E-state index contributed by atoms with van der Waals surface area (Å²) >= 11 is 0. The maximum absolute atomic E-state index is 12.8. The van der Waals surface area contributed by atoms with E-state index < -0.39 is 6.10 Å². The van der Waals surface area contributed by atoms with E-state index in [1.807, 2.05) is 44.2 Å². The molecule has 0 aromatic heterocycles. The van der Waals surface area contributed by atoms with Crippen LogP contribution in [-0.2, 0) is 14.3 Å². The second-order valence-electron chi connectivity index (χ2n) is 7.08. The van der Waals surface area contributed by atoms with E-state index in [4.69, 9.17) is 9.47 Å². The normalized spacial score (nSPS) is 22.6. The molecular weight excluding hydrogens is 332 g/mol. The van der Waals surface area contributed by atoms with Crippen LogP contribution in [0.1, 0.15) is 38.4 Å². The molecular formula is C20H32N2O4. The van der Waals surface area contributed by atoms with E-state index in [1.54, 1.807) is 14.2 Å². The highest BCUT2D eigenvalue weighted by molar-refractivity contribution is 5.79. The predicted octanol–water partition coefficient (Wildman–Crippen LogP) is 1.94. The number of benzene rings is 1. The Kier molecular flexibility index (Phi) is 8.03. The average molecular weight is 364 g/mol. The minimum Gasteiger partial charge on any atom is -0.386 e. The number of aliphatic hydroxyl groups excluding tert-OH is 1. The summed E-state index contributed by atoms with van der Waals surface area (Å²) in [6.07, 6.45) is 1.10. The molecule has 0 aliphatic carbocycles. The van der Waals surface area contributed by atoms with E-state index in [2.05, 4.69) is 10.2 Å². The third-order valence-electron chi connectivity index (χ3n) is 5.25. The molecule has 1 amide bonds. The van der Waals surface area contributed by atoms with Gasteiger partial charge in [0.25, 0.3) is 0 Å². The minimum absolute atomic E-state index is 0.108. The van der Waals surface area contributed by atoms with Gasteiger partial charge in [0.05, 0.1) is 30.9 Å². The van der Waals surface area contributed by atoms with Crippen LogP contribution in [0.5, 0.6) is 0 Å². The number of aliphatic hydroxyl groups is 1. The van der Waals surface area contributed by atoms with Gasteiger partial charge < -0.3 is 19.9 Å². The maximum Gasteiger partial charge on any atom is 0.225 e. The number of amides is 1. The van der Waals surface area contributed by atoms with Gasteiger partial charge in [0.15, 0.2) is 0 Å². The van der Waals surface area contributed by atoms with Gasteiger partial charge in [-0.15, -0.1) is 0 Å². The lowest BCUT2D eigenvalue weighted by atomic mass is 9.94. The highest BCUT2D eigenvalue weighted by Crippen LogP contribution is 2.26. The Morgan fingerprint density at radius 1 is 1.31 bits per heavy atom. The molecule has 1 saturated heterocycles. The number of carbonyl (C=O) groups is 1. The summed E-state index contributed by atoms with van der Waals surface area (Å²) in [5.74, 6) is -0.434. The topological polar surface area (TPSA) is 71.0 Å². The second-order valence-corrected chi connectivity index (χ2v) is 7.08. The molecule has 1 aromatic carbocycles. The molecule has 1 aliphatic heterocycles. The van der Waals surface area contributed by atoms with E-state index in [1.165, 1.54) is 0 Å². The highest BCUT2D eigenvalue weighted by atomic mass is 16.5. The molecule has 2 N–H and O–H groups in total. The number of ether oxygens (including phenoxy) is 2. The highest BCUT2D eigenvalue weighted by Gasteiger charge is 2.38. The Morgan fingerprint density at radius 2 is 2.00 bits per heavy atom. The van der Waals surface area contributed by atoms with Gasteiger partial charge in [-0.25, -0.2) is 0 Å². The number of nitrogens with zero attached hydrogens (tertiary/aromatic N) is 1. The van der Waals surface area contributed by atoms with E-state index in [-0.39, 0.29) is 30.0 Å². The van der Waals surface area contributed by atoms with Crippen molar-refractivity contribution in [3.63, 3.8) is 0 Å². The lowest BCUT2D eigenvalue weighted by molar-refractivity contribution is -0.133.